The van der Waals surface area contributed by atoms with Crippen molar-refractivity contribution in [2.75, 3.05) is 26.6 Å². The number of hydrogen-bond acceptors (Lipinski definition) is 8. The number of benzene rings is 2. The molecule has 3 aromatic rings. The van der Waals surface area contributed by atoms with Gasteiger partial charge in [0.1, 0.15) is 5.75 Å². The first-order chi connectivity index (χ1) is 24.4. The van der Waals surface area contributed by atoms with E-state index in [4.69, 9.17) is 19.2 Å². The van der Waals surface area contributed by atoms with Crippen molar-refractivity contribution in [2.24, 2.45) is 0 Å². The number of esters is 2. The Hall–Kier alpha value is -3.72. The molecule has 0 bridgehead atoms. The number of aromatic amines is 1. The first kappa shape index (κ1) is 39.1. The monoisotopic (exact) mass is 703 g/mol. The number of fused-ring (bicyclic) bond motifs is 1. The van der Waals surface area contributed by atoms with Crippen molar-refractivity contribution in [3.8, 4) is 5.75 Å². The first-order valence-electron chi connectivity index (χ1n) is 18.6. The second kappa shape index (κ2) is 20.8. The van der Waals surface area contributed by atoms with E-state index in [-0.39, 0.29) is 6.61 Å². The topological polar surface area (TPSA) is 103 Å². The number of nitrogens with zero attached hydrogens (tertiary/aromatic N) is 1. The molecule has 0 amide bonds. The van der Waals surface area contributed by atoms with E-state index in [2.05, 4.69) is 23.3 Å². The minimum Gasteiger partial charge on any atom is -0.496 e. The average Bonchev–Trinajstić information content (AvgIpc) is 3.55. The van der Waals surface area contributed by atoms with Gasteiger partial charge in [0.25, 0.3) is 0 Å². The molecule has 272 valence electrons. The van der Waals surface area contributed by atoms with Gasteiger partial charge in [-0.2, -0.15) is 0 Å². The molecule has 0 saturated heterocycles. The number of carbonyl (C=O) groups is 2. The third-order valence-corrected chi connectivity index (χ3v) is 10.4. The lowest BCUT2D eigenvalue weighted by molar-refractivity contribution is -0.139. The van der Waals surface area contributed by atoms with Crippen LogP contribution in [-0.2, 0) is 25.5 Å². The zero-order valence-electron chi connectivity index (χ0n) is 30.8. The van der Waals surface area contributed by atoms with Crippen molar-refractivity contribution in [3.05, 3.63) is 76.1 Å². The number of hydrogen-bond donors (Lipinski definition) is 2. The minimum absolute atomic E-state index is 0.201. The third-order valence-electron chi connectivity index (χ3n) is 9.48. The zero-order chi connectivity index (χ0) is 35.7. The highest BCUT2D eigenvalue weighted by atomic mass is 32.2. The second-order valence-corrected chi connectivity index (χ2v) is 14.0. The van der Waals surface area contributed by atoms with Crippen LogP contribution in [0, 0.1) is 0 Å². The fraction of sp³-hybridized carbons (Fsp3) is 0.537. The highest BCUT2D eigenvalue weighted by Crippen LogP contribution is 2.45. The standard InChI is InChI=1S/C41H57N3O5S/c1-6-8-9-10-11-12-13-14-15-16-17-18-19-23-30-24-22-27-34(47-4)36(30)38-35(39(45)48-5)29(3)42-33(37(38)40(46)49-7-2)28-50-41-43-31-25-20-21-26-32(31)44-41/h20-22,24-27,38,42H,6-19,23,28H2,1-5H3,(H,43,44). The normalized spacial score (nSPS) is 14.6. The summed E-state index contributed by atoms with van der Waals surface area (Å²) in [6.07, 6.45) is 17.5. The maximum atomic E-state index is 13.9. The van der Waals surface area contributed by atoms with Gasteiger partial charge < -0.3 is 24.5 Å². The van der Waals surface area contributed by atoms with Crippen molar-refractivity contribution in [1.82, 2.24) is 15.3 Å². The molecule has 0 saturated carbocycles. The number of nitrogens with one attached hydrogen (secondary N) is 2. The van der Waals surface area contributed by atoms with E-state index in [1.54, 1.807) is 14.0 Å². The molecule has 0 fully saturated rings. The predicted molar refractivity (Wildman–Crippen MR) is 203 cm³/mol. The summed E-state index contributed by atoms with van der Waals surface area (Å²) in [7, 11) is 3.01. The number of ether oxygens (including phenoxy) is 3. The lowest BCUT2D eigenvalue weighted by Gasteiger charge is -2.33. The van der Waals surface area contributed by atoms with E-state index in [0.717, 1.165) is 46.6 Å². The van der Waals surface area contributed by atoms with Crippen LogP contribution in [-0.4, -0.2) is 48.5 Å². The quantitative estimate of drug-likeness (QED) is 0.0606. The fourth-order valence-corrected chi connectivity index (χ4v) is 7.77. The van der Waals surface area contributed by atoms with Gasteiger partial charge in [-0.1, -0.05) is 120 Å². The number of aryl methyl sites for hydroxylation is 1. The molecular weight excluding hydrogens is 647 g/mol. The van der Waals surface area contributed by atoms with Crippen LogP contribution in [0.15, 0.2) is 70.2 Å². The molecule has 1 atom stereocenters. The van der Waals surface area contributed by atoms with Gasteiger partial charge in [-0.3, -0.25) is 0 Å². The Morgan fingerprint density at radius 2 is 1.46 bits per heavy atom. The Labute approximate surface area is 303 Å². The molecule has 1 aliphatic rings. The highest BCUT2D eigenvalue weighted by Gasteiger charge is 2.41. The number of H-pyrrole nitrogens is 1. The van der Waals surface area contributed by atoms with Gasteiger partial charge in [-0.15, -0.1) is 0 Å². The van der Waals surface area contributed by atoms with Crippen LogP contribution in [0.3, 0.4) is 0 Å². The number of dihydropyridines is 1. The Bertz CT molecular complexity index is 1580. The van der Waals surface area contributed by atoms with E-state index in [1.807, 2.05) is 43.3 Å². The number of imidazole rings is 1. The van der Waals surface area contributed by atoms with Crippen LogP contribution in [0.1, 0.15) is 121 Å². The summed E-state index contributed by atoms with van der Waals surface area (Å²) in [4.78, 5) is 35.5. The summed E-state index contributed by atoms with van der Waals surface area (Å²) in [5.41, 5.74) is 5.75. The number of para-hydroxylation sites is 2. The van der Waals surface area contributed by atoms with Crippen LogP contribution in [0.5, 0.6) is 5.75 Å². The maximum absolute atomic E-state index is 13.9. The summed E-state index contributed by atoms with van der Waals surface area (Å²) >= 11 is 1.49. The number of rotatable bonds is 22. The summed E-state index contributed by atoms with van der Waals surface area (Å²) in [6, 6.07) is 13.9. The van der Waals surface area contributed by atoms with Crippen molar-refractivity contribution in [3.63, 3.8) is 0 Å². The van der Waals surface area contributed by atoms with E-state index in [9.17, 15) is 9.59 Å². The van der Waals surface area contributed by atoms with Gasteiger partial charge in [0.2, 0.25) is 0 Å². The molecule has 2 N–H and O–H groups in total. The SMILES string of the molecule is CCCCCCCCCCCCCCCc1cccc(OC)c1C1C(C(=O)OC)=C(C)NC(CSc2nc3ccccc3[nH]2)=C1C(=O)OCC. The molecule has 9 heteroatoms. The summed E-state index contributed by atoms with van der Waals surface area (Å²) in [5.74, 6) is -0.674. The molecule has 1 unspecified atom stereocenters. The molecule has 0 aliphatic carbocycles. The molecule has 1 aliphatic heterocycles. The lowest BCUT2D eigenvalue weighted by Crippen LogP contribution is -2.34. The van der Waals surface area contributed by atoms with Gasteiger partial charge in [0.15, 0.2) is 5.16 Å². The zero-order valence-corrected chi connectivity index (χ0v) is 31.6. The van der Waals surface area contributed by atoms with Crippen LogP contribution < -0.4 is 10.1 Å². The maximum Gasteiger partial charge on any atom is 0.336 e. The summed E-state index contributed by atoms with van der Waals surface area (Å²) < 4.78 is 16.9. The molecule has 8 nitrogen and oxygen atoms in total. The highest BCUT2D eigenvalue weighted by molar-refractivity contribution is 7.99. The van der Waals surface area contributed by atoms with Crippen molar-refractivity contribution >= 4 is 34.7 Å². The van der Waals surface area contributed by atoms with Gasteiger partial charge in [-0.05, 0) is 50.5 Å². The minimum atomic E-state index is -0.734. The van der Waals surface area contributed by atoms with Crippen LogP contribution >= 0.6 is 11.8 Å². The number of aromatic nitrogens is 2. The number of methoxy groups -OCH3 is 2. The number of unbranched alkanes of at least 4 members (excludes halogenated alkanes) is 12. The van der Waals surface area contributed by atoms with Gasteiger partial charge in [0, 0.05) is 22.7 Å². The van der Waals surface area contributed by atoms with Gasteiger partial charge >= 0.3 is 11.9 Å². The molecule has 0 spiro atoms. The summed E-state index contributed by atoms with van der Waals surface area (Å²) in [6.45, 7) is 6.11. The molecule has 1 aromatic heterocycles. The van der Waals surface area contributed by atoms with Crippen molar-refractivity contribution in [1.29, 1.82) is 0 Å². The number of thioether (sulfide) groups is 1. The van der Waals surface area contributed by atoms with Crippen LogP contribution in [0.2, 0.25) is 0 Å². The molecule has 4 rings (SSSR count). The van der Waals surface area contributed by atoms with Gasteiger partial charge in [0.05, 0.1) is 48.9 Å². The number of carbonyl (C=O) groups excluding carboxylic acids is 2. The third kappa shape index (κ3) is 10.6. The smallest absolute Gasteiger partial charge is 0.336 e. The van der Waals surface area contributed by atoms with Crippen LogP contribution in [0.25, 0.3) is 11.0 Å². The van der Waals surface area contributed by atoms with Crippen LogP contribution in [0.4, 0.5) is 0 Å². The predicted octanol–water partition coefficient (Wildman–Crippen LogP) is 9.95. The van der Waals surface area contributed by atoms with E-state index < -0.39 is 17.9 Å². The molecule has 2 heterocycles. The number of allylic oxidation sites excluding steroid dienone is 1. The van der Waals surface area contributed by atoms with Crippen molar-refractivity contribution in [2.45, 2.75) is 122 Å². The van der Waals surface area contributed by atoms with Crippen molar-refractivity contribution < 1.29 is 23.8 Å². The first-order valence-corrected chi connectivity index (χ1v) is 19.6. The second-order valence-electron chi connectivity index (χ2n) is 13.1. The average molecular weight is 704 g/mol. The Morgan fingerprint density at radius 1 is 0.800 bits per heavy atom. The lowest BCUT2D eigenvalue weighted by atomic mass is 9.77. The Morgan fingerprint density at radius 3 is 2.08 bits per heavy atom. The van der Waals surface area contributed by atoms with E-state index in [0.29, 0.717) is 34.0 Å². The molecule has 0 radical (unpaired) electrons. The molecular formula is C41H57N3O5S. The van der Waals surface area contributed by atoms with E-state index in [1.165, 1.54) is 89.5 Å². The van der Waals surface area contributed by atoms with Gasteiger partial charge in [-0.25, -0.2) is 14.6 Å². The Balaban J connectivity index is 1.54. The molecule has 50 heavy (non-hydrogen) atoms. The fourth-order valence-electron chi connectivity index (χ4n) is 6.91. The Kier molecular flexibility index (Phi) is 16.3. The van der Waals surface area contributed by atoms with E-state index >= 15 is 0 Å². The molecule has 2 aromatic carbocycles. The largest absolute Gasteiger partial charge is 0.496 e. The summed E-state index contributed by atoms with van der Waals surface area (Å²) in [5, 5.41) is 4.12.